The zero-order valence-electron chi connectivity index (χ0n) is 17.0. The number of hydrogen-bond donors (Lipinski definition) is 1. The Labute approximate surface area is 178 Å². The lowest BCUT2D eigenvalue weighted by atomic mass is 10.0. The number of nitro groups is 1. The number of non-ortho nitro benzene ring substituents is 1. The van der Waals surface area contributed by atoms with E-state index in [0.29, 0.717) is 16.4 Å². The molecule has 9 heteroatoms. The molecule has 0 aromatic heterocycles. The maximum atomic E-state index is 13.1. The van der Waals surface area contributed by atoms with Crippen LogP contribution in [0.5, 0.6) is 5.75 Å². The van der Waals surface area contributed by atoms with Crippen LogP contribution >= 0.6 is 11.6 Å². The van der Waals surface area contributed by atoms with E-state index in [4.69, 9.17) is 16.3 Å². The molecule has 2 aromatic carbocycles. The number of halogens is 1. The van der Waals surface area contributed by atoms with E-state index < -0.39 is 23.0 Å². The van der Waals surface area contributed by atoms with E-state index in [-0.39, 0.29) is 23.3 Å². The molecule has 0 saturated heterocycles. The lowest BCUT2D eigenvalue weighted by Crippen LogP contribution is -2.55. The summed E-state index contributed by atoms with van der Waals surface area (Å²) >= 11 is 6.12. The molecule has 2 atom stereocenters. The Balaban J connectivity index is 1.95. The molecular weight excluding hydrogens is 410 g/mol. The van der Waals surface area contributed by atoms with Gasteiger partial charge >= 0.3 is 0 Å². The summed E-state index contributed by atoms with van der Waals surface area (Å²) in [6, 6.07) is 8.23. The van der Waals surface area contributed by atoms with E-state index in [1.807, 2.05) is 20.8 Å². The predicted octanol–water partition coefficient (Wildman–Crippen LogP) is 4.33. The third-order valence-electron chi connectivity index (χ3n) is 4.96. The van der Waals surface area contributed by atoms with E-state index in [1.165, 1.54) is 23.1 Å². The van der Waals surface area contributed by atoms with Crippen LogP contribution < -0.4 is 15.0 Å². The lowest BCUT2D eigenvalue weighted by Gasteiger charge is -2.38. The zero-order valence-corrected chi connectivity index (χ0v) is 17.8. The highest BCUT2D eigenvalue weighted by Gasteiger charge is 2.41. The van der Waals surface area contributed by atoms with Crippen LogP contribution in [0, 0.1) is 23.0 Å². The van der Waals surface area contributed by atoms with Gasteiger partial charge in [0.1, 0.15) is 6.04 Å². The Hall–Kier alpha value is -3.13. The molecule has 0 saturated carbocycles. The minimum Gasteiger partial charge on any atom is -0.478 e. The van der Waals surface area contributed by atoms with Crippen LogP contribution in [-0.2, 0) is 9.59 Å². The number of nitrogens with one attached hydrogen (secondary N) is 1. The lowest BCUT2D eigenvalue weighted by molar-refractivity contribution is -0.384. The molecule has 1 aliphatic heterocycles. The number of nitrogens with zero attached hydrogens (tertiary/aromatic N) is 2. The average molecular weight is 432 g/mol. The molecule has 8 nitrogen and oxygen atoms in total. The molecule has 1 N–H and O–H groups in total. The van der Waals surface area contributed by atoms with Crippen LogP contribution in [0.1, 0.15) is 26.3 Å². The van der Waals surface area contributed by atoms with Gasteiger partial charge in [0.05, 0.1) is 16.7 Å². The van der Waals surface area contributed by atoms with Gasteiger partial charge in [0.15, 0.2) is 11.9 Å². The molecule has 1 heterocycles. The molecule has 0 fully saturated rings. The first-order chi connectivity index (χ1) is 14.1. The summed E-state index contributed by atoms with van der Waals surface area (Å²) < 4.78 is 5.76. The molecular formula is C21H22ClN3O5. The Morgan fingerprint density at radius 1 is 1.23 bits per heavy atom. The van der Waals surface area contributed by atoms with E-state index >= 15 is 0 Å². The van der Waals surface area contributed by atoms with Gasteiger partial charge in [0.2, 0.25) is 5.91 Å². The van der Waals surface area contributed by atoms with Crippen molar-refractivity contribution in [2.24, 2.45) is 5.92 Å². The first-order valence-electron chi connectivity index (χ1n) is 9.45. The van der Waals surface area contributed by atoms with Crippen molar-refractivity contribution in [3.63, 3.8) is 0 Å². The summed E-state index contributed by atoms with van der Waals surface area (Å²) in [7, 11) is 0. The second kappa shape index (κ2) is 8.31. The highest BCUT2D eigenvalue weighted by molar-refractivity contribution is 6.31. The molecule has 0 aliphatic carbocycles. The average Bonchev–Trinajstić information content (AvgIpc) is 2.69. The van der Waals surface area contributed by atoms with Gasteiger partial charge in [-0.25, -0.2) is 0 Å². The van der Waals surface area contributed by atoms with Crippen molar-refractivity contribution in [2.75, 3.05) is 10.2 Å². The van der Waals surface area contributed by atoms with Crippen molar-refractivity contribution in [2.45, 2.75) is 39.8 Å². The number of nitro benzene ring substituents is 1. The number of benzene rings is 2. The topological polar surface area (TPSA) is 102 Å². The summed E-state index contributed by atoms with van der Waals surface area (Å²) in [5.74, 6) is -0.799. The highest BCUT2D eigenvalue weighted by Crippen LogP contribution is 2.39. The van der Waals surface area contributed by atoms with Gasteiger partial charge in [-0.1, -0.05) is 31.5 Å². The highest BCUT2D eigenvalue weighted by atomic mass is 35.5. The fourth-order valence-electron chi connectivity index (χ4n) is 3.21. The molecule has 3 rings (SSSR count). The number of amides is 2. The SMILES string of the molecule is Cc1ccc(NC(=O)C(C)N2C(=O)C(C(C)C)Oc3cc([N+](=O)[O-])ccc32)cc1Cl. The first kappa shape index (κ1) is 21.6. The van der Waals surface area contributed by atoms with Gasteiger partial charge in [-0.2, -0.15) is 0 Å². The Bertz CT molecular complexity index is 1020. The van der Waals surface area contributed by atoms with Crippen LogP contribution in [-0.4, -0.2) is 28.9 Å². The minimum absolute atomic E-state index is 0.156. The Morgan fingerprint density at radius 3 is 2.53 bits per heavy atom. The summed E-state index contributed by atoms with van der Waals surface area (Å²) in [5, 5.41) is 14.4. The van der Waals surface area contributed by atoms with Crippen molar-refractivity contribution in [3.05, 3.63) is 57.1 Å². The minimum atomic E-state index is -0.886. The summed E-state index contributed by atoms with van der Waals surface area (Å²) in [4.78, 5) is 38.0. The number of aryl methyl sites for hydroxylation is 1. The van der Waals surface area contributed by atoms with Crippen LogP contribution in [0.3, 0.4) is 0 Å². The number of rotatable bonds is 5. The quantitative estimate of drug-likeness (QED) is 0.560. The smallest absolute Gasteiger partial charge is 0.273 e. The molecule has 2 unspecified atom stereocenters. The number of carbonyl (C=O) groups excluding carboxylic acids is 2. The van der Waals surface area contributed by atoms with Crippen molar-refractivity contribution in [3.8, 4) is 5.75 Å². The van der Waals surface area contributed by atoms with Gasteiger partial charge in [0, 0.05) is 16.8 Å². The van der Waals surface area contributed by atoms with Crippen molar-refractivity contribution < 1.29 is 19.2 Å². The number of ether oxygens (including phenoxy) is 1. The van der Waals surface area contributed by atoms with Crippen molar-refractivity contribution in [1.29, 1.82) is 0 Å². The maximum Gasteiger partial charge on any atom is 0.273 e. The summed E-state index contributed by atoms with van der Waals surface area (Å²) in [5.41, 5.74) is 1.54. The molecule has 0 spiro atoms. The van der Waals surface area contributed by atoms with Gasteiger partial charge in [-0.15, -0.1) is 0 Å². The summed E-state index contributed by atoms with van der Waals surface area (Å²) in [6.07, 6.45) is -0.858. The standard InChI is InChI=1S/C21H22ClN3O5/c1-11(2)19-21(27)24(17-8-7-15(25(28)29)10-18(17)30-19)13(4)20(26)23-14-6-5-12(3)16(22)9-14/h5-11,13,19H,1-4H3,(H,23,26). The van der Waals surface area contributed by atoms with Gasteiger partial charge in [-0.05, 0) is 43.5 Å². The van der Waals surface area contributed by atoms with Gasteiger partial charge in [0.25, 0.3) is 11.6 Å². The van der Waals surface area contributed by atoms with Crippen LogP contribution in [0.15, 0.2) is 36.4 Å². The van der Waals surface area contributed by atoms with E-state index in [2.05, 4.69) is 5.32 Å². The number of fused-ring (bicyclic) bond motifs is 1. The fourth-order valence-corrected chi connectivity index (χ4v) is 3.39. The fraction of sp³-hybridized carbons (Fsp3) is 0.333. The maximum absolute atomic E-state index is 13.1. The zero-order chi connectivity index (χ0) is 22.2. The number of anilines is 2. The van der Waals surface area contributed by atoms with E-state index in [0.717, 1.165) is 5.56 Å². The van der Waals surface area contributed by atoms with Gasteiger partial charge in [-0.3, -0.25) is 24.6 Å². The second-order valence-corrected chi connectivity index (χ2v) is 7.94. The van der Waals surface area contributed by atoms with Crippen LogP contribution in [0.2, 0.25) is 5.02 Å². The first-order valence-corrected chi connectivity index (χ1v) is 9.83. The number of carbonyl (C=O) groups is 2. The molecule has 0 bridgehead atoms. The van der Waals surface area contributed by atoms with E-state index in [9.17, 15) is 19.7 Å². The molecule has 2 amide bonds. The summed E-state index contributed by atoms with van der Waals surface area (Å²) in [6.45, 7) is 7.06. The third-order valence-corrected chi connectivity index (χ3v) is 5.37. The molecule has 158 valence electrons. The third kappa shape index (κ3) is 4.09. The molecule has 2 aromatic rings. The predicted molar refractivity (Wildman–Crippen MR) is 114 cm³/mol. The molecule has 30 heavy (non-hydrogen) atoms. The monoisotopic (exact) mass is 431 g/mol. The number of hydrogen-bond acceptors (Lipinski definition) is 5. The molecule has 1 aliphatic rings. The van der Waals surface area contributed by atoms with E-state index in [1.54, 1.807) is 25.1 Å². The molecule has 0 radical (unpaired) electrons. The Morgan fingerprint density at radius 2 is 1.93 bits per heavy atom. The normalized spacial score (nSPS) is 16.7. The van der Waals surface area contributed by atoms with Crippen LogP contribution in [0.25, 0.3) is 0 Å². The van der Waals surface area contributed by atoms with Crippen molar-refractivity contribution in [1.82, 2.24) is 0 Å². The van der Waals surface area contributed by atoms with Crippen molar-refractivity contribution >= 4 is 40.5 Å². The van der Waals surface area contributed by atoms with Gasteiger partial charge < -0.3 is 10.1 Å². The second-order valence-electron chi connectivity index (χ2n) is 7.53. The Kier molecular flexibility index (Phi) is 5.98. The largest absolute Gasteiger partial charge is 0.478 e. The van der Waals surface area contributed by atoms with Crippen LogP contribution in [0.4, 0.5) is 17.1 Å².